The standard InChI is InChI=1S/C12H10N2O3/c1-8-2-4-9(5-3-8)14-12(17)6-11(16)10(7-15)13-14/h2-7,16H,1H3. The van der Waals surface area contributed by atoms with Gasteiger partial charge in [-0.05, 0) is 19.1 Å². The summed E-state index contributed by atoms with van der Waals surface area (Å²) in [5.41, 5.74) is 0.946. The van der Waals surface area contributed by atoms with Gasteiger partial charge in [-0.15, -0.1) is 0 Å². The molecule has 1 aromatic carbocycles. The van der Waals surface area contributed by atoms with Crippen LogP contribution >= 0.6 is 0 Å². The van der Waals surface area contributed by atoms with E-state index in [1.54, 1.807) is 12.1 Å². The summed E-state index contributed by atoms with van der Waals surface area (Å²) in [4.78, 5) is 22.3. The fourth-order valence-corrected chi connectivity index (χ4v) is 1.42. The Morgan fingerprint density at radius 2 is 1.94 bits per heavy atom. The van der Waals surface area contributed by atoms with E-state index in [1.807, 2.05) is 19.1 Å². The van der Waals surface area contributed by atoms with Crippen LogP contribution in [0.25, 0.3) is 5.69 Å². The topological polar surface area (TPSA) is 72.2 Å². The molecule has 5 nitrogen and oxygen atoms in total. The molecule has 0 amide bonds. The largest absolute Gasteiger partial charge is 0.505 e. The van der Waals surface area contributed by atoms with Gasteiger partial charge in [0.15, 0.2) is 17.7 Å². The molecule has 0 unspecified atom stereocenters. The molecule has 1 aromatic heterocycles. The van der Waals surface area contributed by atoms with Gasteiger partial charge in [0.25, 0.3) is 5.56 Å². The summed E-state index contributed by atoms with van der Waals surface area (Å²) in [5, 5.41) is 13.1. The lowest BCUT2D eigenvalue weighted by molar-refractivity contribution is 0.111. The van der Waals surface area contributed by atoms with E-state index in [1.165, 1.54) is 0 Å². The zero-order valence-corrected chi connectivity index (χ0v) is 9.12. The lowest BCUT2D eigenvalue weighted by atomic mass is 10.2. The summed E-state index contributed by atoms with van der Waals surface area (Å²) in [6.45, 7) is 1.92. The molecule has 0 saturated carbocycles. The minimum absolute atomic E-state index is 0.162. The normalized spacial score (nSPS) is 10.2. The van der Waals surface area contributed by atoms with Gasteiger partial charge in [-0.2, -0.15) is 9.78 Å². The molecular formula is C12H10N2O3. The van der Waals surface area contributed by atoms with Crippen molar-refractivity contribution in [2.45, 2.75) is 6.92 Å². The molecule has 0 bridgehead atoms. The zero-order chi connectivity index (χ0) is 12.4. The first-order chi connectivity index (χ1) is 8.11. The highest BCUT2D eigenvalue weighted by Crippen LogP contribution is 2.10. The predicted octanol–water partition coefficient (Wildman–Crippen LogP) is 1.06. The lowest BCUT2D eigenvalue weighted by Crippen LogP contribution is -2.21. The van der Waals surface area contributed by atoms with Gasteiger partial charge in [0, 0.05) is 6.07 Å². The first-order valence-corrected chi connectivity index (χ1v) is 4.97. The average molecular weight is 230 g/mol. The van der Waals surface area contributed by atoms with Crippen LogP contribution in [-0.2, 0) is 0 Å². The average Bonchev–Trinajstić information content (AvgIpc) is 2.31. The van der Waals surface area contributed by atoms with Crippen molar-refractivity contribution in [3.63, 3.8) is 0 Å². The van der Waals surface area contributed by atoms with Gasteiger partial charge < -0.3 is 5.11 Å². The predicted molar refractivity (Wildman–Crippen MR) is 61.6 cm³/mol. The van der Waals surface area contributed by atoms with Crippen LogP contribution in [0.4, 0.5) is 0 Å². The lowest BCUT2D eigenvalue weighted by Gasteiger charge is -2.05. The van der Waals surface area contributed by atoms with E-state index in [9.17, 15) is 14.7 Å². The van der Waals surface area contributed by atoms with Crippen LogP contribution in [0.1, 0.15) is 16.1 Å². The number of hydrogen-bond acceptors (Lipinski definition) is 4. The van der Waals surface area contributed by atoms with Crippen molar-refractivity contribution >= 4 is 6.29 Å². The smallest absolute Gasteiger partial charge is 0.275 e. The van der Waals surface area contributed by atoms with E-state index in [-0.39, 0.29) is 5.69 Å². The molecular weight excluding hydrogens is 220 g/mol. The SMILES string of the molecule is Cc1ccc(-n2nc(C=O)c(O)cc2=O)cc1. The summed E-state index contributed by atoms with van der Waals surface area (Å²) in [5.74, 6) is -0.409. The van der Waals surface area contributed by atoms with Gasteiger partial charge >= 0.3 is 0 Å². The summed E-state index contributed by atoms with van der Waals surface area (Å²) in [6.07, 6.45) is 0.402. The number of nitrogens with zero attached hydrogens (tertiary/aromatic N) is 2. The number of aromatic nitrogens is 2. The quantitative estimate of drug-likeness (QED) is 0.783. The Labute approximate surface area is 97.0 Å². The first-order valence-electron chi connectivity index (χ1n) is 4.97. The molecule has 2 rings (SSSR count). The van der Waals surface area contributed by atoms with Crippen LogP contribution in [0.15, 0.2) is 35.1 Å². The molecule has 0 atom stereocenters. The third kappa shape index (κ3) is 2.08. The molecule has 0 radical (unpaired) electrons. The van der Waals surface area contributed by atoms with E-state index < -0.39 is 11.3 Å². The fraction of sp³-hybridized carbons (Fsp3) is 0.0833. The van der Waals surface area contributed by atoms with Crippen molar-refractivity contribution in [1.29, 1.82) is 0 Å². The highest BCUT2D eigenvalue weighted by molar-refractivity contribution is 5.75. The highest BCUT2D eigenvalue weighted by atomic mass is 16.3. The van der Waals surface area contributed by atoms with Crippen LogP contribution < -0.4 is 5.56 Å². The van der Waals surface area contributed by atoms with E-state index in [2.05, 4.69) is 5.10 Å². The number of aldehydes is 1. The number of rotatable bonds is 2. The molecule has 0 spiro atoms. The van der Waals surface area contributed by atoms with Gasteiger partial charge in [-0.1, -0.05) is 17.7 Å². The zero-order valence-electron chi connectivity index (χ0n) is 9.12. The Balaban J connectivity index is 2.63. The van der Waals surface area contributed by atoms with Crippen LogP contribution in [0, 0.1) is 6.92 Å². The number of carbonyl (C=O) groups is 1. The van der Waals surface area contributed by atoms with Gasteiger partial charge in [0.2, 0.25) is 0 Å². The maximum atomic E-state index is 11.6. The Hall–Kier alpha value is -2.43. The van der Waals surface area contributed by atoms with Crippen LogP contribution in [0.3, 0.4) is 0 Å². The molecule has 0 aliphatic carbocycles. The summed E-state index contributed by atoms with van der Waals surface area (Å²) >= 11 is 0. The fourth-order valence-electron chi connectivity index (χ4n) is 1.42. The summed E-state index contributed by atoms with van der Waals surface area (Å²) < 4.78 is 1.07. The van der Waals surface area contributed by atoms with Gasteiger partial charge in [0.1, 0.15) is 0 Å². The molecule has 0 aliphatic rings. The second kappa shape index (κ2) is 4.21. The third-order valence-corrected chi connectivity index (χ3v) is 2.33. The van der Waals surface area contributed by atoms with E-state index in [4.69, 9.17) is 0 Å². The Kier molecular flexibility index (Phi) is 2.74. The summed E-state index contributed by atoms with van der Waals surface area (Å²) in [7, 11) is 0. The molecule has 0 fully saturated rings. The number of carbonyl (C=O) groups excluding carboxylic acids is 1. The van der Waals surface area contributed by atoms with Crippen molar-refractivity contribution < 1.29 is 9.90 Å². The van der Waals surface area contributed by atoms with Crippen molar-refractivity contribution in [2.75, 3.05) is 0 Å². The minimum atomic E-state index is -0.489. The Morgan fingerprint density at radius 1 is 1.29 bits per heavy atom. The van der Waals surface area contributed by atoms with Crippen molar-refractivity contribution in [2.24, 2.45) is 0 Å². The van der Waals surface area contributed by atoms with Gasteiger partial charge in [-0.25, -0.2) is 0 Å². The van der Waals surface area contributed by atoms with Crippen LogP contribution in [-0.4, -0.2) is 21.2 Å². The van der Waals surface area contributed by atoms with E-state index in [0.717, 1.165) is 16.3 Å². The Morgan fingerprint density at radius 3 is 2.53 bits per heavy atom. The maximum absolute atomic E-state index is 11.6. The van der Waals surface area contributed by atoms with Crippen molar-refractivity contribution in [1.82, 2.24) is 9.78 Å². The van der Waals surface area contributed by atoms with Crippen LogP contribution in [0.2, 0.25) is 0 Å². The van der Waals surface area contributed by atoms with E-state index in [0.29, 0.717) is 12.0 Å². The monoisotopic (exact) mass is 230 g/mol. The number of aryl methyl sites for hydroxylation is 1. The molecule has 1 N–H and O–H groups in total. The molecule has 0 saturated heterocycles. The molecule has 17 heavy (non-hydrogen) atoms. The van der Waals surface area contributed by atoms with Crippen molar-refractivity contribution in [3.05, 3.63) is 51.9 Å². The second-order valence-corrected chi connectivity index (χ2v) is 3.62. The molecule has 2 aromatic rings. The summed E-state index contributed by atoms with van der Waals surface area (Å²) in [6, 6.07) is 8.06. The first kappa shape index (κ1) is 11.1. The molecule has 5 heteroatoms. The number of hydrogen-bond donors (Lipinski definition) is 1. The maximum Gasteiger partial charge on any atom is 0.275 e. The second-order valence-electron chi connectivity index (χ2n) is 3.62. The number of aromatic hydroxyl groups is 1. The molecule has 86 valence electrons. The highest BCUT2D eigenvalue weighted by Gasteiger charge is 2.08. The molecule has 1 heterocycles. The van der Waals surface area contributed by atoms with Crippen molar-refractivity contribution in [3.8, 4) is 11.4 Å². The van der Waals surface area contributed by atoms with Gasteiger partial charge in [0.05, 0.1) is 5.69 Å². The minimum Gasteiger partial charge on any atom is -0.505 e. The Bertz CT molecular complexity index is 615. The molecule has 0 aliphatic heterocycles. The van der Waals surface area contributed by atoms with Crippen LogP contribution in [0.5, 0.6) is 5.75 Å². The third-order valence-electron chi connectivity index (χ3n) is 2.33. The van der Waals surface area contributed by atoms with Gasteiger partial charge in [-0.3, -0.25) is 9.59 Å². The van der Waals surface area contributed by atoms with E-state index >= 15 is 0 Å². The number of benzene rings is 1.